The highest BCUT2D eigenvalue weighted by Crippen LogP contribution is 2.49. The number of hydrogen-bond donors (Lipinski definition) is 3. The fourth-order valence-corrected chi connectivity index (χ4v) is 5.67. The summed E-state index contributed by atoms with van der Waals surface area (Å²) in [6.07, 6.45) is -2.55. The second-order valence-corrected chi connectivity index (χ2v) is 9.50. The highest BCUT2D eigenvalue weighted by molar-refractivity contribution is 5.86. The molecule has 11 heteroatoms. The number of likely N-dealkylation sites (tertiary alicyclic amines) is 1. The van der Waals surface area contributed by atoms with Crippen molar-refractivity contribution in [2.24, 2.45) is 17.1 Å². The van der Waals surface area contributed by atoms with Crippen molar-refractivity contribution in [1.29, 1.82) is 0 Å². The average molecular weight is 485 g/mol. The number of alkyl halides is 3. The minimum atomic E-state index is -4.45. The fourth-order valence-electron chi connectivity index (χ4n) is 5.67. The van der Waals surface area contributed by atoms with Crippen LogP contribution < -0.4 is 16.4 Å². The molecule has 5 unspecified atom stereocenters. The van der Waals surface area contributed by atoms with Crippen LogP contribution in [-0.4, -0.2) is 68.4 Å². The molecule has 4 rings (SSSR count). The Morgan fingerprint density at radius 1 is 1.35 bits per heavy atom. The molecule has 3 amide bonds. The SMILES string of the molecule is COC1COCCC1NC1CC2CN(C(N)=O)CC2(C(=O)NCc2cccc(C(F)(F)F)c2)C1. The van der Waals surface area contributed by atoms with Crippen LogP contribution in [0.2, 0.25) is 0 Å². The second kappa shape index (κ2) is 9.71. The Hall–Kier alpha value is -2.37. The van der Waals surface area contributed by atoms with E-state index in [0.29, 0.717) is 38.2 Å². The molecule has 5 atom stereocenters. The molecule has 2 aliphatic heterocycles. The normalized spacial score (nSPS) is 31.4. The van der Waals surface area contributed by atoms with Crippen LogP contribution in [0.1, 0.15) is 30.4 Å². The molecule has 188 valence electrons. The van der Waals surface area contributed by atoms with Crippen LogP contribution in [0.3, 0.4) is 0 Å². The lowest BCUT2D eigenvalue weighted by Crippen LogP contribution is -2.52. The predicted molar refractivity (Wildman–Crippen MR) is 117 cm³/mol. The van der Waals surface area contributed by atoms with Crippen LogP contribution in [0.25, 0.3) is 0 Å². The number of carbonyl (C=O) groups is 2. The summed E-state index contributed by atoms with van der Waals surface area (Å²) in [4.78, 5) is 26.8. The molecular weight excluding hydrogens is 453 g/mol. The van der Waals surface area contributed by atoms with Crippen LogP contribution in [-0.2, 0) is 27.0 Å². The van der Waals surface area contributed by atoms with Gasteiger partial charge in [-0.05, 0) is 42.9 Å². The predicted octanol–water partition coefficient (Wildman–Crippen LogP) is 1.87. The van der Waals surface area contributed by atoms with Crippen molar-refractivity contribution in [3.05, 3.63) is 35.4 Å². The van der Waals surface area contributed by atoms with E-state index in [1.807, 2.05) is 0 Å². The zero-order valence-electron chi connectivity index (χ0n) is 19.1. The van der Waals surface area contributed by atoms with Gasteiger partial charge in [0.05, 0.1) is 23.7 Å². The Morgan fingerprint density at radius 2 is 2.15 bits per heavy atom. The molecule has 0 radical (unpaired) electrons. The van der Waals surface area contributed by atoms with Gasteiger partial charge in [0.25, 0.3) is 0 Å². The van der Waals surface area contributed by atoms with Crippen molar-refractivity contribution in [3.63, 3.8) is 0 Å². The number of urea groups is 1. The largest absolute Gasteiger partial charge is 0.416 e. The number of amides is 3. The Bertz CT molecular complexity index is 914. The van der Waals surface area contributed by atoms with E-state index in [9.17, 15) is 22.8 Å². The molecule has 3 aliphatic rings. The quantitative estimate of drug-likeness (QED) is 0.572. The number of rotatable bonds is 6. The van der Waals surface area contributed by atoms with Crippen LogP contribution >= 0.6 is 0 Å². The number of methoxy groups -OCH3 is 1. The van der Waals surface area contributed by atoms with E-state index in [4.69, 9.17) is 15.2 Å². The first-order valence-corrected chi connectivity index (χ1v) is 11.5. The van der Waals surface area contributed by atoms with E-state index in [-0.39, 0.29) is 43.1 Å². The highest BCUT2D eigenvalue weighted by Gasteiger charge is 2.58. The number of primary amides is 1. The van der Waals surface area contributed by atoms with Gasteiger partial charge in [-0.3, -0.25) is 4.79 Å². The molecular formula is C23H31F3N4O4. The van der Waals surface area contributed by atoms with Gasteiger partial charge in [0.1, 0.15) is 0 Å². The van der Waals surface area contributed by atoms with Gasteiger partial charge in [-0.1, -0.05) is 12.1 Å². The number of carbonyl (C=O) groups excluding carboxylic acids is 2. The average Bonchev–Trinajstić information content (AvgIpc) is 3.33. The maximum atomic E-state index is 13.4. The van der Waals surface area contributed by atoms with E-state index in [1.54, 1.807) is 13.2 Å². The van der Waals surface area contributed by atoms with Gasteiger partial charge >= 0.3 is 12.2 Å². The summed E-state index contributed by atoms with van der Waals surface area (Å²) in [5, 5.41) is 6.45. The molecule has 3 fully saturated rings. The maximum absolute atomic E-state index is 13.4. The number of benzene rings is 1. The van der Waals surface area contributed by atoms with Crippen LogP contribution in [0.15, 0.2) is 24.3 Å². The third-order valence-corrected chi connectivity index (χ3v) is 7.40. The number of halogens is 3. The van der Waals surface area contributed by atoms with E-state index in [0.717, 1.165) is 18.6 Å². The van der Waals surface area contributed by atoms with E-state index in [2.05, 4.69) is 10.6 Å². The Kier molecular flexibility index (Phi) is 7.07. The molecule has 1 aliphatic carbocycles. The Labute approximate surface area is 196 Å². The van der Waals surface area contributed by atoms with Crippen LogP contribution in [0.5, 0.6) is 0 Å². The summed E-state index contributed by atoms with van der Waals surface area (Å²) < 4.78 is 50.1. The van der Waals surface area contributed by atoms with Gasteiger partial charge in [0, 0.05) is 45.4 Å². The van der Waals surface area contributed by atoms with Gasteiger partial charge in [-0.15, -0.1) is 0 Å². The van der Waals surface area contributed by atoms with Crippen molar-refractivity contribution in [1.82, 2.24) is 15.5 Å². The second-order valence-electron chi connectivity index (χ2n) is 9.50. The number of nitrogens with one attached hydrogen (secondary N) is 2. The van der Waals surface area contributed by atoms with Crippen molar-refractivity contribution < 1.29 is 32.2 Å². The van der Waals surface area contributed by atoms with Crippen LogP contribution in [0.4, 0.5) is 18.0 Å². The molecule has 1 aromatic carbocycles. The van der Waals surface area contributed by atoms with E-state index >= 15 is 0 Å². The molecule has 1 aromatic rings. The molecule has 1 saturated carbocycles. The van der Waals surface area contributed by atoms with Crippen molar-refractivity contribution in [3.8, 4) is 0 Å². The lowest BCUT2D eigenvalue weighted by Gasteiger charge is -2.34. The fraction of sp³-hybridized carbons (Fsp3) is 0.652. The molecule has 8 nitrogen and oxygen atoms in total. The molecule has 0 aromatic heterocycles. The summed E-state index contributed by atoms with van der Waals surface area (Å²) in [6, 6.07) is 4.47. The minimum absolute atomic E-state index is 0.0302. The van der Waals surface area contributed by atoms with Gasteiger partial charge in [-0.2, -0.15) is 13.2 Å². The number of nitrogens with zero attached hydrogens (tertiary/aromatic N) is 1. The lowest BCUT2D eigenvalue weighted by molar-refractivity contribution is -0.137. The van der Waals surface area contributed by atoms with Crippen molar-refractivity contribution in [2.75, 3.05) is 33.4 Å². The molecule has 2 heterocycles. The zero-order valence-corrected chi connectivity index (χ0v) is 19.1. The van der Waals surface area contributed by atoms with Crippen molar-refractivity contribution >= 4 is 11.9 Å². The first-order valence-electron chi connectivity index (χ1n) is 11.5. The number of ether oxygens (including phenoxy) is 2. The summed E-state index contributed by atoms with van der Waals surface area (Å²) in [5.41, 5.74) is 4.26. The Balaban J connectivity index is 1.46. The number of hydrogen-bond acceptors (Lipinski definition) is 5. The third kappa shape index (κ3) is 5.01. The molecule has 34 heavy (non-hydrogen) atoms. The summed E-state index contributed by atoms with van der Waals surface area (Å²) in [7, 11) is 1.64. The van der Waals surface area contributed by atoms with Gasteiger partial charge < -0.3 is 30.7 Å². The monoisotopic (exact) mass is 484 g/mol. The summed E-state index contributed by atoms with van der Waals surface area (Å²) in [6.45, 7) is 1.68. The van der Waals surface area contributed by atoms with Gasteiger partial charge in [0.15, 0.2) is 0 Å². The topological polar surface area (TPSA) is 106 Å². The summed E-state index contributed by atoms with van der Waals surface area (Å²) >= 11 is 0. The first kappa shape index (κ1) is 24.7. The molecule has 2 saturated heterocycles. The molecule has 4 N–H and O–H groups in total. The van der Waals surface area contributed by atoms with Gasteiger partial charge in [-0.25, -0.2) is 4.79 Å². The van der Waals surface area contributed by atoms with E-state index in [1.165, 1.54) is 11.0 Å². The third-order valence-electron chi connectivity index (χ3n) is 7.40. The highest BCUT2D eigenvalue weighted by atomic mass is 19.4. The van der Waals surface area contributed by atoms with Crippen LogP contribution in [0, 0.1) is 11.3 Å². The maximum Gasteiger partial charge on any atom is 0.416 e. The van der Waals surface area contributed by atoms with Crippen molar-refractivity contribution in [2.45, 2.75) is 50.2 Å². The molecule has 0 bridgehead atoms. The lowest BCUT2D eigenvalue weighted by atomic mass is 9.79. The van der Waals surface area contributed by atoms with Gasteiger partial charge in [0.2, 0.25) is 5.91 Å². The zero-order chi connectivity index (χ0) is 24.5. The van der Waals surface area contributed by atoms with E-state index < -0.39 is 23.2 Å². The standard InChI is InChI=1S/C23H31F3N4O4/c1-33-19-12-34-6-5-18(19)29-17-8-16-11-30(21(27)32)13-22(16,9-17)20(31)28-10-14-3-2-4-15(7-14)23(24,25)26/h2-4,7,16-19,29H,5-6,8-13H2,1H3,(H2,27,32)(H,28,31). The smallest absolute Gasteiger partial charge is 0.379 e. The number of fused-ring (bicyclic) bond motifs is 1. The minimum Gasteiger partial charge on any atom is -0.379 e. The number of nitrogens with two attached hydrogens (primary N) is 1. The summed E-state index contributed by atoms with van der Waals surface area (Å²) in [5.74, 6) is -0.363. The first-order chi connectivity index (χ1) is 16.1. The Morgan fingerprint density at radius 3 is 2.85 bits per heavy atom. The molecule has 0 spiro atoms.